The van der Waals surface area contributed by atoms with E-state index in [0.717, 1.165) is 0 Å². The maximum atomic E-state index is 3.85. The summed E-state index contributed by atoms with van der Waals surface area (Å²) in [6.45, 7) is 7.68. The summed E-state index contributed by atoms with van der Waals surface area (Å²) in [5.41, 5.74) is 1.19. The highest BCUT2D eigenvalue weighted by Gasteiger charge is 2.23. The zero-order chi connectivity index (χ0) is 9.97. The first kappa shape index (κ1) is 9.41. The lowest BCUT2D eigenvalue weighted by Gasteiger charge is -2.30. The highest BCUT2D eigenvalue weighted by Crippen LogP contribution is 2.38. The van der Waals surface area contributed by atoms with Gasteiger partial charge in [0, 0.05) is 12.0 Å². The first-order valence-corrected chi connectivity index (χ1v) is 5.50. The third-order valence-electron chi connectivity index (χ3n) is 2.31. The zero-order valence-corrected chi connectivity index (χ0v) is 8.76. The van der Waals surface area contributed by atoms with Gasteiger partial charge in [0.15, 0.2) is 0 Å². The molecule has 0 saturated carbocycles. The fraction of sp³-hybridized carbons (Fsp3) is 0.167. The SMILES string of the molecule is C=CC1Nc2ccccc2SC1C=C.[HH]. The minimum absolute atomic E-state index is 0. The van der Waals surface area contributed by atoms with Crippen molar-refractivity contribution in [1.29, 1.82) is 0 Å². The number of hydrogen-bond acceptors (Lipinski definition) is 2. The van der Waals surface area contributed by atoms with Gasteiger partial charge in [-0.2, -0.15) is 0 Å². The molecule has 1 heterocycles. The molecule has 2 heteroatoms. The Morgan fingerprint density at radius 3 is 2.79 bits per heavy atom. The predicted molar refractivity (Wildman–Crippen MR) is 66.0 cm³/mol. The molecule has 1 aromatic rings. The van der Waals surface area contributed by atoms with Crippen LogP contribution in [0.4, 0.5) is 5.69 Å². The molecule has 0 saturated heterocycles. The van der Waals surface area contributed by atoms with Crippen LogP contribution in [0.25, 0.3) is 0 Å². The topological polar surface area (TPSA) is 12.0 Å². The Bertz CT molecular complexity index is 329. The Balaban J connectivity index is 0.00000112. The normalized spacial score (nSPS) is 24.6. The van der Waals surface area contributed by atoms with Crippen LogP contribution in [-0.2, 0) is 0 Å². The number of benzene rings is 1. The summed E-state index contributed by atoms with van der Waals surface area (Å²) in [6, 6.07) is 8.61. The van der Waals surface area contributed by atoms with Gasteiger partial charge in [0.1, 0.15) is 0 Å². The fourth-order valence-electron chi connectivity index (χ4n) is 1.56. The van der Waals surface area contributed by atoms with Crippen molar-refractivity contribution in [3.63, 3.8) is 0 Å². The van der Waals surface area contributed by atoms with Crippen molar-refractivity contribution in [1.82, 2.24) is 0 Å². The van der Waals surface area contributed by atoms with E-state index in [9.17, 15) is 0 Å². The van der Waals surface area contributed by atoms with Gasteiger partial charge >= 0.3 is 0 Å². The van der Waals surface area contributed by atoms with E-state index >= 15 is 0 Å². The second kappa shape index (κ2) is 3.93. The number of hydrogen-bond donors (Lipinski definition) is 1. The molecule has 0 aliphatic carbocycles. The molecule has 0 fully saturated rings. The molecule has 74 valence electrons. The molecule has 1 nitrogen and oxygen atoms in total. The van der Waals surface area contributed by atoms with Gasteiger partial charge in [-0.1, -0.05) is 24.3 Å². The molecule has 14 heavy (non-hydrogen) atoms. The molecule has 1 N–H and O–H groups in total. The number of thioether (sulfide) groups is 1. The molecule has 0 aromatic heterocycles. The van der Waals surface area contributed by atoms with Gasteiger partial charge in [0.2, 0.25) is 0 Å². The van der Waals surface area contributed by atoms with Crippen molar-refractivity contribution in [3.8, 4) is 0 Å². The van der Waals surface area contributed by atoms with Crippen LogP contribution in [0.2, 0.25) is 0 Å². The van der Waals surface area contributed by atoms with E-state index in [1.807, 2.05) is 30.0 Å². The summed E-state index contributed by atoms with van der Waals surface area (Å²) in [6.07, 6.45) is 3.91. The van der Waals surface area contributed by atoms with Crippen molar-refractivity contribution >= 4 is 17.4 Å². The number of fused-ring (bicyclic) bond motifs is 1. The van der Waals surface area contributed by atoms with Crippen LogP contribution in [0.3, 0.4) is 0 Å². The Hall–Kier alpha value is -1.15. The minimum atomic E-state index is 0. The van der Waals surface area contributed by atoms with E-state index in [-0.39, 0.29) is 7.47 Å². The molecule has 0 bridgehead atoms. The van der Waals surface area contributed by atoms with E-state index in [4.69, 9.17) is 0 Å². The smallest absolute Gasteiger partial charge is 0.0599 e. The van der Waals surface area contributed by atoms with Gasteiger partial charge in [-0.25, -0.2) is 0 Å². The van der Waals surface area contributed by atoms with Crippen molar-refractivity contribution in [2.24, 2.45) is 0 Å². The molecular formula is C12H15NS. The monoisotopic (exact) mass is 205 g/mol. The predicted octanol–water partition coefficient (Wildman–Crippen LogP) is 3.56. The fourth-order valence-corrected chi connectivity index (χ4v) is 2.68. The van der Waals surface area contributed by atoms with E-state index in [0.29, 0.717) is 5.25 Å². The molecule has 2 atom stereocenters. The van der Waals surface area contributed by atoms with Crippen LogP contribution in [0.5, 0.6) is 0 Å². The number of para-hydroxylation sites is 1. The maximum Gasteiger partial charge on any atom is 0.0599 e. The lowest BCUT2D eigenvalue weighted by atomic mass is 10.1. The highest BCUT2D eigenvalue weighted by atomic mass is 32.2. The van der Waals surface area contributed by atoms with Crippen molar-refractivity contribution < 1.29 is 1.43 Å². The van der Waals surface area contributed by atoms with Gasteiger partial charge in [-0.15, -0.1) is 24.9 Å². The molecule has 1 aliphatic heterocycles. The van der Waals surface area contributed by atoms with Crippen molar-refractivity contribution in [3.05, 3.63) is 49.6 Å². The van der Waals surface area contributed by atoms with E-state index in [2.05, 4.69) is 36.7 Å². The van der Waals surface area contributed by atoms with Gasteiger partial charge in [-0.3, -0.25) is 0 Å². The zero-order valence-electron chi connectivity index (χ0n) is 7.94. The molecule has 2 rings (SSSR count). The van der Waals surface area contributed by atoms with Crippen LogP contribution >= 0.6 is 11.8 Å². The lowest BCUT2D eigenvalue weighted by Crippen LogP contribution is -2.31. The van der Waals surface area contributed by atoms with Crippen LogP contribution in [0.1, 0.15) is 1.43 Å². The van der Waals surface area contributed by atoms with Crippen LogP contribution in [-0.4, -0.2) is 11.3 Å². The molecular weight excluding hydrogens is 190 g/mol. The highest BCUT2D eigenvalue weighted by molar-refractivity contribution is 8.00. The van der Waals surface area contributed by atoms with Gasteiger partial charge in [-0.05, 0) is 12.1 Å². The van der Waals surface area contributed by atoms with Crippen molar-refractivity contribution in [2.75, 3.05) is 5.32 Å². The first-order chi connectivity index (χ1) is 6.85. The number of nitrogens with one attached hydrogen (secondary N) is 1. The minimum Gasteiger partial charge on any atom is -0.376 e. The molecule has 1 aromatic carbocycles. The second-order valence-electron chi connectivity index (χ2n) is 3.22. The Morgan fingerprint density at radius 1 is 1.29 bits per heavy atom. The average molecular weight is 205 g/mol. The summed E-state index contributed by atoms with van der Waals surface area (Å²) < 4.78 is 0. The third kappa shape index (κ3) is 1.58. The summed E-state index contributed by atoms with van der Waals surface area (Å²) >= 11 is 1.84. The second-order valence-corrected chi connectivity index (χ2v) is 4.44. The van der Waals surface area contributed by atoms with Gasteiger partial charge in [0.25, 0.3) is 0 Å². The summed E-state index contributed by atoms with van der Waals surface area (Å²) in [5, 5.41) is 3.81. The maximum absolute atomic E-state index is 3.85. The molecule has 1 aliphatic rings. The Kier molecular flexibility index (Phi) is 2.64. The third-order valence-corrected chi connectivity index (χ3v) is 3.68. The summed E-state index contributed by atoms with van der Waals surface area (Å²) in [5.74, 6) is 0. The first-order valence-electron chi connectivity index (χ1n) is 4.62. The lowest BCUT2D eigenvalue weighted by molar-refractivity contribution is 0.893. The summed E-state index contributed by atoms with van der Waals surface area (Å²) in [4.78, 5) is 1.29. The van der Waals surface area contributed by atoms with Crippen LogP contribution in [0.15, 0.2) is 54.5 Å². The molecule has 0 spiro atoms. The summed E-state index contributed by atoms with van der Waals surface area (Å²) in [7, 11) is 0. The molecule has 2 unspecified atom stereocenters. The average Bonchev–Trinajstić information content (AvgIpc) is 2.27. The number of anilines is 1. The van der Waals surface area contributed by atoms with E-state index in [1.165, 1.54) is 10.6 Å². The van der Waals surface area contributed by atoms with E-state index < -0.39 is 0 Å². The largest absolute Gasteiger partial charge is 0.376 e. The molecule has 0 radical (unpaired) electrons. The van der Waals surface area contributed by atoms with E-state index in [1.54, 1.807) is 0 Å². The van der Waals surface area contributed by atoms with Gasteiger partial charge < -0.3 is 5.32 Å². The van der Waals surface area contributed by atoms with Gasteiger partial charge in [0.05, 0.1) is 11.3 Å². The Morgan fingerprint density at radius 2 is 2.07 bits per heavy atom. The van der Waals surface area contributed by atoms with Crippen molar-refractivity contribution in [2.45, 2.75) is 16.2 Å². The Labute approximate surface area is 90.4 Å². The standard InChI is InChI=1S/C12H13NS.H2/c1-3-9-11(4-2)14-12-8-6-5-7-10(12)13-9;/h3-9,11,13H,1-2H2;1H. The van der Waals surface area contributed by atoms with Crippen LogP contribution < -0.4 is 5.32 Å². The number of rotatable bonds is 2. The quantitative estimate of drug-likeness (QED) is 0.741. The van der Waals surface area contributed by atoms with Crippen LogP contribution in [0, 0.1) is 0 Å². The molecule has 0 amide bonds.